The van der Waals surface area contributed by atoms with Gasteiger partial charge in [-0.3, -0.25) is 9.78 Å². The van der Waals surface area contributed by atoms with Crippen LogP contribution >= 0.6 is 0 Å². The molecule has 104 valence electrons. The Morgan fingerprint density at radius 1 is 1.33 bits per heavy atom. The zero-order valence-corrected chi connectivity index (χ0v) is 11.5. The van der Waals surface area contributed by atoms with Gasteiger partial charge in [0.15, 0.2) is 0 Å². The lowest BCUT2D eigenvalue weighted by Gasteiger charge is -2.07. The Morgan fingerprint density at radius 3 is 2.95 bits per heavy atom. The van der Waals surface area contributed by atoms with Crippen molar-refractivity contribution < 1.29 is 4.79 Å². The molecule has 4 heteroatoms. The Hall–Kier alpha value is -2.67. The summed E-state index contributed by atoms with van der Waals surface area (Å²) >= 11 is 0. The van der Waals surface area contributed by atoms with Gasteiger partial charge < -0.3 is 5.32 Å². The zero-order chi connectivity index (χ0) is 14.7. The summed E-state index contributed by atoms with van der Waals surface area (Å²) in [5, 5.41) is 11.7. The SMILES string of the molecule is N#Cc1cccc(C(=O)NCc2cncc(C3CC3)c2)c1. The molecule has 3 rings (SSSR count). The van der Waals surface area contributed by atoms with Crippen LogP contribution in [0.15, 0.2) is 42.7 Å². The van der Waals surface area contributed by atoms with E-state index in [0.29, 0.717) is 23.6 Å². The quantitative estimate of drug-likeness (QED) is 0.934. The third-order valence-corrected chi connectivity index (χ3v) is 3.57. The highest BCUT2D eigenvalue weighted by Crippen LogP contribution is 2.39. The fourth-order valence-electron chi connectivity index (χ4n) is 2.26. The molecule has 1 aliphatic rings. The van der Waals surface area contributed by atoms with E-state index in [1.54, 1.807) is 30.5 Å². The maximum Gasteiger partial charge on any atom is 0.251 e. The predicted molar refractivity (Wildman–Crippen MR) is 78.5 cm³/mol. The summed E-state index contributed by atoms with van der Waals surface area (Å²) in [6, 6.07) is 10.8. The monoisotopic (exact) mass is 277 g/mol. The lowest BCUT2D eigenvalue weighted by atomic mass is 10.1. The van der Waals surface area contributed by atoms with Crippen molar-refractivity contribution in [2.75, 3.05) is 0 Å². The molecule has 0 radical (unpaired) electrons. The van der Waals surface area contributed by atoms with E-state index < -0.39 is 0 Å². The van der Waals surface area contributed by atoms with Crippen LogP contribution in [-0.4, -0.2) is 10.9 Å². The summed E-state index contributed by atoms with van der Waals surface area (Å²) in [7, 11) is 0. The molecule has 0 spiro atoms. The molecule has 0 atom stereocenters. The average molecular weight is 277 g/mol. The van der Waals surface area contributed by atoms with E-state index in [1.807, 2.05) is 12.3 Å². The predicted octanol–water partition coefficient (Wildman–Crippen LogP) is 2.76. The van der Waals surface area contributed by atoms with Gasteiger partial charge in [-0.25, -0.2) is 0 Å². The fraction of sp³-hybridized carbons (Fsp3) is 0.235. The van der Waals surface area contributed by atoms with Crippen molar-refractivity contribution in [3.05, 3.63) is 65.0 Å². The van der Waals surface area contributed by atoms with Crippen LogP contribution in [0.3, 0.4) is 0 Å². The van der Waals surface area contributed by atoms with E-state index in [9.17, 15) is 4.79 Å². The third kappa shape index (κ3) is 3.26. The molecule has 1 heterocycles. The molecule has 0 unspecified atom stereocenters. The second-order valence-corrected chi connectivity index (χ2v) is 5.28. The number of nitrogens with one attached hydrogen (secondary N) is 1. The van der Waals surface area contributed by atoms with Crippen LogP contribution in [0.25, 0.3) is 0 Å². The zero-order valence-electron chi connectivity index (χ0n) is 11.5. The average Bonchev–Trinajstić information content (AvgIpc) is 3.38. The first-order chi connectivity index (χ1) is 10.3. The third-order valence-electron chi connectivity index (χ3n) is 3.57. The molecule has 1 saturated carbocycles. The van der Waals surface area contributed by atoms with Gasteiger partial charge in [-0.15, -0.1) is 0 Å². The highest BCUT2D eigenvalue weighted by molar-refractivity contribution is 5.94. The highest BCUT2D eigenvalue weighted by Gasteiger charge is 2.23. The minimum atomic E-state index is -0.177. The number of nitriles is 1. The summed E-state index contributed by atoms with van der Waals surface area (Å²) in [5.41, 5.74) is 3.25. The maximum absolute atomic E-state index is 12.1. The topological polar surface area (TPSA) is 65.8 Å². The molecule has 1 aromatic heterocycles. The van der Waals surface area contributed by atoms with Crippen LogP contribution in [0.1, 0.15) is 45.8 Å². The fourth-order valence-corrected chi connectivity index (χ4v) is 2.26. The Kier molecular flexibility index (Phi) is 3.65. The first-order valence-electron chi connectivity index (χ1n) is 6.98. The van der Waals surface area contributed by atoms with Gasteiger partial charge in [-0.1, -0.05) is 12.1 Å². The molecule has 1 aromatic carbocycles. The minimum absolute atomic E-state index is 0.177. The smallest absolute Gasteiger partial charge is 0.251 e. The highest BCUT2D eigenvalue weighted by atomic mass is 16.1. The van der Waals surface area contributed by atoms with Crippen LogP contribution in [0, 0.1) is 11.3 Å². The first-order valence-corrected chi connectivity index (χ1v) is 6.98. The summed E-state index contributed by atoms with van der Waals surface area (Å²) in [5.74, 6) is 0.476. The van der Waals surface area contributed by atoms with Gasteiger partial charge in [0.2, 0.25) is 0 Å². The van der Waals surface area contributed by atoms with Crippen molar-refractivity contribution in [1.82, 2.24) is 10.3 Å². The number of hydrogen-bond acceptors (Lipinski definition) is 3. The lowest BCUT2D eigenvalue weighted by molar-refractivity contribution is 0.0951. The molecule has 0 aliphatic heterocycles. The van der Waals surface area contributed by atoms with Crippen molar-refractivity contribution >= 4 is 5.91 Å². The van der Waals surface area contributed by atoms with E-state index in [-0.39, 0.29) is 5.91 Å². The van der Waals surface area contributed by atoms with Crippen LogP contribution in [-0.2, 0) is 6.54 Å². The maximum atomic E-state index is 12.1. The van der Waals surface area contributed by atoms with Gasteiger partial charge in [0.25, 0.3) is 5.91 Å². The minimum Gasteiger partial charge on any atom is -0.348 e. The summed E-state index contributed by atoms with van der Waals surface area (Å²) in [4.78, 5) is 16.3. The molecule has 0 saturated heterocycles. The van der Waals surface area contributed by atoms with Crippen molar-refractivity contribution in [3.8, 4) is 6.07 Å². The normalized spacial score (nSPS) is 13.5. The van der Waals surface area contributed by atoms with Gasteiger partial charge >= 0.3 is 0 Å². The van der Waals surface area contributed by atoms with Gasteiger partial charge in [0.05, 0.1) is 11.6 Å². The Morgan fingerprint density at radius 2 is 2.19 bits per heavy atom. The van der Waals surface area contributed by atoms with E-state index in [0.717, 1.165) is 5.56 Å². The number of carbonyl (C=O) groups is 1. The van der Waals surface area contributed by atoms with Gasteiger partial charge in [-0.05, 0) is 48.1 Å². The number of carbonyl (C=O) groups excluding carboxylic acids is 1. The van der Waals surface area contributed by atoms with Crippen molar-refractivity contribution in [1.29, 1.82) is 5.26 Å². The van der Waals surface area contributed by atoms with Crippen molar-refractivity contribution in [2.24, 2.45) is 0 Å². The summed E-state index contributed by atoms with van der Waals surface area (Å²) < 4.78 is 0. The number of benzene rings is 1. The molecule has 1 fully saturated rings. The molecular weight excluding hydrogens is 262 g/mol. The van der Waals surface area contributed by atoms with E-state index >= 15 is 0 Å². The molecule has 2 aromatic rings. The van der Waals surface area contributed by atoms with Gasteiger partial charge in [0.1, 0.15) is 0 Å². The van der Waals surface area contributed by atoms with Crippen molar-refractivity contribution in [2.45, 2.75) is 25.3 Å². The molecular formula is C17H15N3O. The molecule has 4 nitrogen and oxygen atoms in total. The Bertz CT molecular complexity index is 714. The summed E-state index contributed by atoms with van der Waals surface area (Å²) in [6.45, 7) is 0.448. The van der Waals surface area contributed by atoms with Crippen LogP contribution in [0.5, 0.6) is 0 Å². The summed E-state index contributed by atoms with van der Waals surface area (Å²) in [6.07, 6.45) is 6.15. The number of aromatic nitrogens is 1. The molecule has 21 heavy (non-hydrogen) atoms. The second-order valence-electron chi connectivity index (χ2n) is 5.28. The first kappa shape index (κ1) is 13.3. The molecule has 1 amide bonds. The lowest BCUT2D eigenvalue weighted by Crippen LogP contribution is -2.23. The number of pyridine rings is 1. The molecule has 1 N–H and O–H groups in total. The number of amides is 1. The number of nitrogens with zero attached hydrogens (tertiary/aromatic N) is 2. The van der Waals surface area contributed by atoms with Crippen LogP contribution in [0.2, 0.25) is 0 Å². The Balaban J connectivity index is 1.65. The van der Waals surface area contributed by atoms with Crippen LogP contribution in [0.4, 0.5) is 0 Å². The standard InChI is InChI=1S/C17H15N3O/c18-8-12-2-1-3-15(6-12)17(21)20-10-13-7-16(11-19-9-13)14-4-5-14/h1-3,6-7,9,11,14H,4-5,10H2,(H,20,21). The number of rotatable bonds is 4. The van der Waals surface area contributed by atoms with Gasteiger partial charge in [0, 0.05) is 24.5 Å². The van der Waals surface area contributed by atoms with E-state index in [4.69, 9.17) is 5.26 Å². The van der Waals surface area contributed by atoms with Gasteiger partial charge in [-0.2, -0.15) is 5.26 Å². The second kappa shape index (κ2) is 5.76. The largest absolute Gasteiger partial charge is 0.348 e. The van der Waals surface area contributed by atoms with Crippen LogP contribution < -0.4 is 5.32 Å². The number of hydrogen-bond donors (Lipinski definition) is 1. The molecule has 0 bridgehead atoms. The van der Waals surface area contributed by atoms with Crippen molar-refractivity contribution in [3.63, 3.8) is 0 Å². The molecule has 1 aliphatic carbocycles. The Labute approximate surface area is 123 Å². The van der Waals surface area contributed by atoms with E-state index in [1.165, 1.54) is 18.4 Å². The van der Waals surface area contributed by atoms with E-state index in [2.05, 4.69) is 16.4 Å².